The van der Waals surface area contributed by atoms with Crippen LogP contribution in [0, 0.1) is 0 Å². The number of hydrogen-bond acceptors (Lipinski definition) is 4. The molecule has 0 spiro atoms. The lowest BCUT2D eigenvalue weighted by atomic mass is 9.97. The van der Waals surface area contributed by atoms with Gasteiger partial charge in [0.1, 0.15) is 5.54 Å². The Balaban J connectivity index is 2.65. The lowest BCUT2D eigenvalue weighted by Gasteiger charge is -2.19. The first-order valence-electron chi connectivity index (χ1n) is 4.44. The summed E-state index contributed by atoms with van der Waals surface area (Å²) in [6, 6.07) is 0. The van der Waals surface area contributed by atoms with Crippen LogP contribution in [0.4, 0.5) is 13.2 Å². The molecule has 1 rings (SSSR count). The van der Waals surface area contributed by atoms with Gasteiger partial charge in [-0.3, -0.25) is 0 Å². The molecule has 1 aliphatic rings. The van der Waals surface area contributed by atoms with Crippen LogP contribution in [0.25, 0.3) is 0 Å². The number of carbonyl (C=O) groups excluding carboxylic acids is 1. The number of alkyl halides is 3. The first kappa shape index (κ1) is 12.3. The third kappa shape index (κ3) is 2.60. The maximum absolute atomic E-state index is 12.2. The summed E-state index contributed by atoms with van der Waals surface area (Å²) in [5.74, 6) is -0.850. The van der Waals surface area contributed by atoms with Crippen molar-refractivity contribution in [1.82, 2.24) is 0 Å². The normalized spacial score (nSPS) is 31.7. The van der Waals surface area contributed by atoms with E-state index in [1.54, 1.807) is 6.92 Å². The summed E-state index contributed by atoms with van der Waals surface area (Å²) in [6.07, 6.45) is -7.06. The van der Waals surface area contributed by atoms with Crippen molar-refractivity contribution in [1.29, 1.82) is 0 Å². The fourth-order valence-electron chi connectivity index (χ4n) is 1.33. The second-order valence-corrected chi connectivity index (χ2v) is 3.42. The van der Waals surface area contributed by atoms with Crippen molar-refractivity contribution in [3.05, 3.63) is 0 Å². The number of rotatable bonds is 2. The minimum Gasteiger partial charge on any atom is -0.465 e. The predicted molar refractivity (Wildman–Crippen MR) is 44.0 cm³/mol. The van der Waals surface area contributed by atoms with Crippen LogP contribution in [-0.4, -0.2) is 37.0 Å². The van der Waals surface area contributed by atoms with Crippen LogP contribution in [0.1, 0.15) is 13.3 Å². The summed E-state index contributed by atoms with van der Waals surface area (Å²) in [4.78, 5) is 11.2. The molecule has 0 saturated carbocycles. The molecule has 0 aromatic heterocycles. The van der Waals surface area contributed by atoms with E-state index in [-0.39, 0.29) is 6.61 Å². The maximum Gasteiger partial charge on any atom is 0.414 e. The van der Waals surface area contributed by atoms with Crippen molar-refractivity contribution >= 4 is 5.97 Å². The quantitative estimate of drug-likeness (QED) is 0.701. The molecule has 15 heavy (non-hydrogen) atoms. The first-order chi connectivity index (χ1) is 6.79. The van der Waals surface area contributed by atoms with E-state index >= 15 is 0 Å². The standard InChI is InChI=1S/C8H12F3NO3/c1-2-14-6(13)7(12)3-5(15-4-7)8(9,10)11/h5H,2-4,12H2,1H3/t5-,7-/m0/s1. The summed E-state index contributed by atoms with van der Waals surface area (Å²) in [5.41, 5.74) is 3.81. The molecule has 4 nitrogen and oxygen atoms in total. The second kappa shape index (κ2) is 3.97. The maximum atomic E-state index is 12.2. The molecule has 88 valence electrons. The highest BCUT2D eigenvalue weighted by atomic mass is 19.4. The van der Waals surface area contributed by atoms with Gasteiger partial charge in [0.15, 0.2) is 6.10 Å². The van der Waals surface area contributed by atoms with Gasteiger partial charge in [0.2, 0.25) is 0 Å². The lowest BCUT2D eigenvalue weighted by molar-refractivity contribution is -0.206. The van der Waals surface area contributed by atoms with Crippen LogP contribution in [0.15, 0.2) is 0 Å². The predicted octanol–water partition coefficient (Wildman–Crippen LogP) is 0.598. The fraction of sp³-hybridized carbons (Fsp3) is 0.875. The van der Waals surface area contributed by atoms with Gasteiger partial charge in [0, 0.05) is 6.42 Å². The van der Waals surface area contributed by atoms with Crippen LogP contribution < -0.4 is 5.73 Å². The fourth-order valence-corrected chi connectivity index (χ4v) is 1.33. The van der Waals surface area contributed by atoms with Crippen molar-refractivity contribution in [3.63, 3.8) is 0 Å². The van der Waals surface area contributed by atoms with E-state index in [4.69, 9.17) is 5.73 Å². The van der Waals surface area contributed by atoms with E-state index in [1.807, 2.05) is 0 Å². The molecule has 0 aliphatic carbocycles. The monoisotopic (exact) mass is 227 g/mol. The van der Waals surface area contributed by atoms with Gasteiger partial charge in [-0.25, -0.2) is 4.79 Å². The Kier molecular flexibility index (Phi) is 3.25. The first-order valence-corrected chi connectivity index (χ1v) is 4.44. The Morgan fingerprint density at radius 3 is 2.67 bits per heavy atom. The van der Waals surface area contributed by atoms with Crippen molar-refractivity contribution < 1.29 is 27.4 Å². The van der Waals surface area contributed by atoms with Crippen LogP contribution in [0.3, 0.4) is 0 Å². The molecular weight excluding hydrogens is 215 g/mol. The van der Waals surface area contributed by atoms with Crippen molar-refractivity contribution in [2.45, 2.75) is 31.2 Å². The Morgan fingerprint density at radius 1 is 1.67 bits per heavy atom. The highest BCUT2D eigenvalue weighted by molar-refractivity contribution is 5.81. The van der Waals surface area contributed by atoms with Crippen LogP contribution in [0.2, 0.25) is 0 Å². The van der Waals surface area contributed by atoms with Gasteiger partial charge < -0.3 is 15.2 Å². The molecule has 1 heterocycles. The van der Waals surface area contributed by atoms with Crippen LogP contribution in [-0.2, 0) is 14.3 Å². The smallest absolute Gasteiger partial charge is 0.414 e. The van der Waals surface area contributed by atoms with Gasteiger partial charge in [-0.15, -0.1) is 0 Å². The zero-order chi connectivity index (χ0) is 11.7. The van der Waals surface area contributed by atoms with E-state index in [2.05, 4.69) is 9.47 Å². The molecule has 1 aliphatic heterocycles. The van der Waals surface area contributed by atoms with E-state index in [0.29, 0.717) is 0 Å². The number of ether oxygens (including phenoxy) is 2. The zero-order valence-corrected chi connectivity index (χ0v) is 8.13. The Morgan fingerprint density at radius 2 is 2.27 bits per heavy atom. The summed E-state index contributed by atoms with van der Waals surface area (Å²) >= 11 is 0. The lowest BCUT2D eigenvalue weighted by Crippen LogP contribution is -2.50. The minimum absolute atomic E-state index is 0.0778. The molecule has 1 saturated heterocycles. The molecule has 0 bridgehead atoms. The Hall–Kier alpha value is -0.820. The molecule has 2 atom stereocenters. The number of carbonyl (C=O) groups is 1. The molecule has 7 heteroatoms. The molecule has 0 aromatic rings. The van der Waals surface area contributed by atoms with Gasteiger partial charge >= 0.3 is 12.1 Å². The average Bonchev–Trinajstić information content (AvgIpc) is 2.49. The van der Waals surface area contributed by atoms with Gasteiger partial charge in [-0.05, 0) is 6.92 Å². The topological polar surface area (TPSA) is 61.5 Å². The molecule has 0 aromatic carbocycles. The summed E-state index contributed by atoms with van der Waals surface area (Å²) < 4.78 is 45.7. The van der Waals surface area contributed by atoms with E-state index in [0.717, 1.165) is 0 Å². The van der Waals surface area contributed by atoms with Gasteiger partial charge in [-0.1, -0.05) is 0 Å². The van der Waals surface area contributed by atoms with Crippen molar-refractivity contribution in [3.8, 4) is 0 Å². The van der Waals surface area contributed by atoms with Crippen LogP contribution in [0.5, 0.6) is 0 Å². The third-order valence-corrected chi connectivity index (χ3v) is 2.14. The number of halogens is 3. The Bertz CT molecular complexity index is 256. The second-order valence-electron chi connectivity index (χ2n) is 3.42. The van der Waals surface area contributed by atoms with Crippen LogP contribution >= 0.6 is 0 Å². The highest BCUT2D eigenvalue weighted by Crippen LogP contribution is 2.34. The molecular formula is C8H12F3NO3. The van der Waals surface area contributed by atoms with E-state index < -0.39 is 36.8 Å². The zero-order valence-electron chi connectivity index (χ0n) is 8.13. The van der Waals surface area contributed by atoms with Gasteiger partial charge in [-0.2, -0.15) is 13.2 Å². The molecule has 1 fully saturated rings. The average molecular weight is 227 g/mol. The van der Waals surface area contributed by atoms with Gasteiger partial charge in [0.05, 0.1) is 13.2 Å². The molecule has 0 unspecified atom stereocenters. The molecule has 0 amide bonds. The minimum atomic E-state index is -4.49. The van der Waals surface area contributed by atoms with Gasteiger partial charge in [0.25, 0.3) is 0 Å². The largest absolute Gasteiger partial charge is 0.465 e. The SMILES string of the molecule is CCOC(=O)[C@@]1(N)CO[C@H](C(F)(F)F)C1. The third-order valence-electron chi connectivity index (χ3n) is 2.14. The number of nitrogens with two attached hydrogens (primary N) is 1. The van der Waals surface area contributed by atoms with Crippen molar-refractivity contribution in [2.24, 2.45) is 5.73 Å². The summed E-state index contributed by atoms with van der Waals surface area (Å²) in [6.45, 7) is 1.17. The van der Waals surface area contributed by atoms with E-state index in [9.17, 15) is 18.0 Å². The highest BCUT2D eigenvalue weighted by Gasteiger charge is 2.54. The van der Waals surface area contributed by atoms with E-state index in [1.165, 1.54) is 0 Å². The molecule has 2 N–H and O–H groups in total. The van der Waals surface area contributed by atoms with Crippen molar-refractivity contribution in [2.75, 3.05) is 13.2 Å². The number of hydrogen-bond donors (Lipinski definition) is 1. The summed E-state index contributed by atoms with van der Waals surface area (Å²) in [7, 11) is 0. The molecule has 0 radical (unpaired) electrons. The number of esters is 1. The summed E-state index contributed by atoms with van der Waals surface area (Å²) in [5, 5.41) is 0. The Labute approximate surface area is 84.5 Å².